The van der Waals surface area contributed by atoms with Crippen LogP contribution in [0.15, 0.2) is 24.3 Å². The van der Waals surface area contributed by atoms with Crippen LogP contribution in [-0.2, 0) is 0 Å². The van der Waals surface area contributed by atoms with Crippen molar-refractivity contribution in [1.82, 2.24) is 4.98 Å². The van der Waals surface area contributed by atoms with Crippen molar-refractivity contribution in [3.8, 4) is 0 Å². The minimum Gasteiger partial charge on any atom is -0.371 e. The summed E-state index contributed by atoms with van der Waals surface area (Å²) in [6.07, 6.45) is 0. The molecule has 0 unspecified atom stereocenters. The van der Waals surface area contributed by atoms with Gasteiger partial charge in [0.05, 0.1) is 5.69 Å². The lowest BCUT2D eigenvalue weighted by molar-refractivity contribution is 0.511. The van der Waals surface area contributed by atoms with Gasteiger partial charge in [-0.3, -0.25) is 0 Å². The Balaban J connectivity index is 2.41. The lowest BCUT2D eigenvalue weighted by Crippen LogP contribution is -2.05. The fourth-order valence-electron chi connectivity index (χ4n) is 1.46. The number of halogens is 4. The second kappa shape index (κ2) is 5.13. The highest BCUT2D eigenvalue weighted by molar-refractivity contribution is 5.59. The molecule has 7 heteroatoms. The van der Waals surface area contributed by atoms with Crippen molar-refractivity contribution >= 4 is 17.3 Å². The van der Waals surface area contributed by atoms with Gasteiger partial charge in [-0.05, 0) is 12.1 Å². The summed E-state index contributed by atoms with van der Waals surface area (Å²) >= 11 is 0. The molecule has 0 atom stereocenters. The Morgan fingerprint density at radius 3 is 2.32 bits per heavy atom. The molecule has 0 spiro atoms. The smallest absolute Gasteiger partial charge is 0.182 e. The van der Waals surface area contributed by atoms with Crippen molar-refractivity contribution in [2.75, 3.05) is 17.7 Å². The largest absolute Gasteiger partial charge is 0.371 e. The first-order valence-corrected chi connectivity index (χ1v) is 5.27. The van der Waals surface area contributed by atoms with E-state index in [1.165, 1.54) is 19.2 Å². The van der Waals surface area contributed by atoms with Crippen LogP contribution in [-0.4, -0.2) is 12.0 Å². The number of aromatic nitrogens is 1. The number of hydrogen-bond donors (Lipinski definition) is 2. The molecule has 2 rings (SSSR count). The lowest BCUT2D eigenvalue weighted by Gasteiger charge is -2.10. The van der Waals surface area contributed by atoms with Crippen LogP contribution in [0.4, 0.5) is 34.9 Å². The Bertz CT molecular complexity index is 616. The molecule has 19 heavy (non-hydrogen) atoms. The molecule has 0 bridgehead atoms. The summed E-state index contributed by atoms with van der Waals surface area (Å²) in [6, 6.07) is 3.98. The van der Waals surface area contributed by atoms with Crippen LogP contribution in [0, 0.1) is 23.3 Å². The summed E-state index contributed by atoms with van der Waals surface area (Å²) in [5.74, 6) is -4.76. The molecule has 0 aliphatic rings. The van der Waals surface area contributed by atoms with Crippen LogP contribution in [0.2, 0.25) is 0 Å². The van der Waals surface area contributed by atoms with Crippen LogP contribution in [0.1, 0.15) is 0 Å². The molecule has 0 amide bonds. The summed E-state index contributed by atoms with van der Waals surface area (Å²) in [5, 5.41) is 4.69. The van der Waals surface area contributed by atoms with Crippen LogP contribution in [0.3, 0.4) is 0 Å². The molecule has 100 valence electrons. The minimum absolute atomic E-state index is 0.208. The normalized spacial score (nSPS) is 10.4. The highest BCUT2D eigenvalue weighted by atomic mass is 19.2. The average Bonchev–Trinajstić information content (AvgIpc) is 2.38. The van der Waals surface area contributed by atoms with Crippen molar-refractivity contribution in [2.24, 2.45) is 0 Å². The van der Waals surface area contributed by atoms with E-state index in [1.54, 1.807) is 0 Å². The fraction of sp³-hybridized carbons (Fsp3) is 0.0833. The zero-order valence-electron chi connectivity index (χ0n) is 9.77. The summed E-state index contributed by atoms with van der Waals surface area (Å²) in [6.45, 7) is 0. The first-order chi connectivity index (χ1) is 9.02. The number of benzene rings is 1. The summed E-state index contributed by atoms with van der Waals surface area (Å²) in [5.41, 5.74) is -0.292. The van der Waals surface area contributed by atoms with Gasteiger partial charge in [0.15, 0.2) is 34.9 Å². The van der Waals surface area contributed by atoms with Crippen LogP contribution >= 0.6 is 0 Å². The molecule has 0 fully saturated rings. The van der Waals surface area contributed by atoms with Gasteiger partial charge in [-0.15, -0.1) is 0 Å². The Morgan fingerprint density at radius 2 is 1.63 bits per heavy atom. The van der Waals surface area contributed by atoms with E-state index in [4.69, 9.17) is 0 Å². The molecule has 1 aromatic heterocycles. The van der Waals surface area contributed by atoms with Crippen molar-refractivity contribution in [1.29, 1.82) is 0 Å². The fourth-order valence-corrected chi connectivity index (χ4v) is 1.46. The molecular formula is C12H9F4N3. The molecule has 0 saturated heterocycles. The van der Waals surface area contributed by atoms with E-state index >= 15 is 0 Å². The van der Waals surface area contributed by atoms with Gasteiger partial charge in [-0.1, -0.05) is 6.07 Å². The molecule has 0 aliphatic heterocycles. The molecule has 0 saturated carbocycles. The van der Waals surface area contributed by atoms with Gasteiger partial charge in [0.2, 0.25) is 0 Å². The van der Waals surface area contributed by atoms with Gasteiger partial charge < -0.3 is 10.6 Å². The molecule has 0 radical (unpaired) electrons. The van der Waals surface area contributed by atoms with Crippen molar-refractivity contribution in [3.63, 3.8) is 0 Å². The second-order valence-corrected chi connectivity index (χ2v) is 3.63. The van der Waals surface area contributed by atoms with Crippen molar-refractivity contribution in [2.45, 2.75) is 0 Å². The second-order valence-electron chi connectivity index (χ2n) is 3.63. The monoisotopic (exact) mass is 271 g/mol. The maximum Gasteiger partial charge on any atom is 0.182 e. The number of anilines is 3. The van der Waals surface area contributed by atoms with Crippen LogP contribution in [0.5, 0.6) is 0 Å². The first kappa shape index (κ1) is 13.1. The molecular weight excluding hydrogens is 262 g/mol. The number of hydrogen-bond acceptors (Lipinski definition) is 3. The third kappa shape index (κ3) is 2.59. The first-order valence-electron chi connectivity index (χ1n) is 5.27. The SMILES string of the molecule is CNc1nc(Nc2cccc(F)c2F)c(F)cc1F. The highest BCUT2D eigenvalue weighted by Gasteiger charge is 2.14. The average molecular weight is 271 g/mol. The van der Waals surface area contributed by atoms with Crippen molar-refractivity contribution < 1.29 is 17.6 Å². The Hall–Kier alpha value is -2.31. The van der Waals surface area contributed by atoms with Gasteiger partial charge in [-0.2, -0.15) is 0 Å². The Morgan fingerprint density at radius 1 is 0.947 bits per heavy atom. The van der Waals surface area contributed by atoms with E-state index in [2.05, 4.69) is 15.6 Å². The van der Waals surface area contributed by atoms with Gasteiger partial charge in [0.25, 0.3) is 0 Å². The number of pyridine rings is 1. The summed E-state index contributed by atoms with van der Waals surface area (Å²) in [7, 11) is 1.40. The van der Waals surface area contributed by atoms with Gasteiger partial charge in [0.1, 0.15) is 0 Å². The molecule has 1 aromatic carbocycles. The standard InChI is InChI=1S/C12H9F4N3/c1-17-11-7(14)5-8(15)12(19-11)18-9-4-2-3-6(13)10(9)16/h2-5H,1H3,(H2,17,18,19). The van der Waals surface area contributed by atoms with Crippen molar-refractivity contribution in [3.05, 3.63) is 47.5 Å². The third-order valence-electron chi connectivity index (χ3n) is 2.37. The Labute approximate surface area is 106 Å². The van der Waals surface area contributed by atoms with E-state index in [1.807, 2.05) is 0 Å². The van der Waals surface area contributed by atoms with Gasteiger partial charge >= 0.3 is 0 Å². The van der Waals surface area contributed by atoms with E-state index < -0.39 is 29.1 Å². The maximum absolute atomic E-state index is 13.5. The third-order valence-corrected chi connectivity index (χ3v) is 2.37. The zero-order chi connectivity index (χ0) is 14.0. The van der Waals surface area contributed by atoms with Gasteiger partial charge in [0, 0.05) is 13.1 Å². The molecule has 3 nitrogen and oxygen atoms in total. The Kier molecular flexibility index (Phi) is 3.55. The quantitative estimate of drug-likeness (QED) is 0.840. The molecule has 1 heterocycles. The maximum atomic E-state index is 13.5. The highest BCUT2D eigenvalue weighted by Crippen LogP contribution is 2.24. The van der Waals surface area contributed by atoms with Crippen LogP contribution in [0.25, 0.3) is 0 Å². The van der Waals surface area contributed by atoms with E-state index in [-0.39, 0.29) is 11.5 Å². The van der Waals surface area contributed by atoms with E-state index in [0.29, 0.717) is 6.07 Å². The minimum atomic E-state index is -1.17. The predicted molar refractivity (Wildman–Crippen MR) is 63.3 cm³/mol. The molecule has 2 N–H and O–H groups in total. The number of nitrogens with one attached hydrogen (secondary N) is 2. The zero-order valence-corrected chi connectivity index (χ0v) is 9.77. The molecule has 2 aromatic rings. The molecule has 0 aliphatic carbocycles. The van der Waals surface area contributed by atoms with E-state index in [0.717, 1.165) is 6.07 Å². The van der Waals surface area contributed by atoms with Gasteiger partial charge in [-0.25, -0.2) is 22.5 Å². The summed E-state index contributed by atoms with van der Waals surface area (Å²) < 4.78 is 53.1. The number of nitrogens with zero attached hydrogens (tertiary/aromatic N) is 1. The lowest BCUT2D eigenvalue weighted by atomic mass is 10.3. The predicted octanol–water partition coefficient (Wildman–Crippen LogP) is 3.42. The number of rotatable bonds is 3. The topological polar surface area (TPSA) is 37.0 Å². The van der Waals surface area contributed by atoms with Crippen LogP contribution < -0.4 is 10.6 Å². The summed E-state index contributed by atoms with van der Waals surface area (Å²) in [4.78, 5) is 3.60. The van der Waals surface area contributed by atoms with E-state index in [9.17, 15) is 17.6 Å².